The third-order valence-corrected chi connectivity index (χ3v) is 5.95. The highest BCUT2D eigenvalue weighted by molar-refractivity contribution is 6.24. The van der Waals surface area contributed by atoms with Crippen LogP contribution < -0.4 is 4.90 Å². The Balaban J connectivity index is 1.65. The number of piperidine rings is 1. The van der Waals surface area contributed by atoms with Crippen LogP contribution in [-0.2, 0) is 9.59 Å². The molecule has 2 aliphatic heterocycles. The molecule has 26 heavy (non-hydrogen) atoms. The molecule has 2 atom stereocenters. The first-order valence-electron chi connectivity index (χ1n) is 9.49. The highest BCUT2D eigenvalue weighted by Crippen LogP contribution is 2.39. The van der Waals surface area contributed by atoms with Gasteiger partial charge in [0.05, 0.1) is 23.1 Å². The second kappa shape index (κ2) is 6.71. The molecule has 3 amide bonds. The fourth-order valence-electron chi connectivity index (χ4n) is 4.27. The summed E-state index contributed by atoms with van der Waals surface area (Å²) in [6.45, 7) is 3.66. The number of nitrogens with zero attached hydrogens (tertiary/aromatic N) is 2. The van der Waals surface area contributed by atoms with Crippen molar-refractivity contribution < 1.29 is 14.4 Å². The van der Waals surface area contributed by atoms with Crippen molar-refractivity contribution in [1.82, 2.24) is 4.90 Å². The Labute approximate surface area is 153 Å². The van der Waals surface area contributed by atoms with E-state index in [1.54, 1.807) is 24.3 Å². The maximum Gasteiger partial charge on any atom is 0.255 e. The Morgan fingerprint density at radius 3 is 2.15 bits per heavy atom. The molecule has 0 spiro atoms. The summed E-state index contributed by atoms with van der Waals surface area (Å²) in [7, 11) is 0. The molecular formula is C21H24N2O3. The Bertz CT molecular complexity index is 751. The molecule has 2 fully saturated rings. The first-order valence-corrected chi connectivity index (χ1v) is 9.49. The number of imide groups is 1. The number of carbonyl (C=O) groups is 3. The van der Waals surface area contributed by atoms with Crippen LogP contribution in [0.1, 0.15) is 43.0 Å². The van der Waals surface area contributed by atoms with Gasteiger partial charge in [0.2, 0.25) is 11.8 Å². The lowest BCUT2D eigenvalue weighted by Crippen LogP contribution is -2.39. The van der Waals surface area contributed by atoms with Gasteiger partial charge in [-0.15, -0.1) is 0 Å². The number of anilines is 1. The summed E-state index contributed by atoms with van der Waals surface area (Å²) >= 11 is 0. The molecule has 0 bridgehead atoms. The minimum Gasteiger partial charge on any atom is -0.339 e. The first kappa shape index (κ1) is 17.0. The predicted octanol–water partition coefficient (Wildman–Crippen LogP) is 3.01. The predicted molar refractivity (Wildman–Crippen MR) is 98.6 cm³/mol. The van der Waals surface area contributed by atoms with Gasteiger partial charge in [0.25, 0.3) is 5.91 Å². The van der Waals surface area contributed by atoms with Crippen LogP contribution in [0.2, 0.25) is 0 Å². The number of fused-ring (bicyclic) bond motifs is 1. The van der Waals surface area contributed by atoms with Gasteiger partial charge < -0.3 is 4.90 Å². The molecule has 136 valence electrons. The molecule has 2 heterocycles. The van der Waals surface area contributed by atoms with Crippen molar-refractivity contribution >= 4 is 23.4 Å². The number of hydrogen-bond acceptors (Lipinski definition) is 3. The molecule has 3 aliphatic rings. The third-order valence-electron chi connectivity index (χ3n) is 5.95. The standard InChI is InChI=1S/C21H24N2O3/c1-14-10-12-22(13-11-14)19(24)17-8-4-5-9-18(17)23-20(25)15-6-2-3-7-16(15)21(23)26/h2-5,8-9,14-16H,6-7,10-13H2,1H3/t15-,16-/m0/s1. The summed E-state index contributed by atoms with van der Waals surface area (Å²) < 4.78 is 0. The molecule has 5 heteroatoms. The van der Waals surface area contributed by atoms with Crippen molar-refractivity contribution in [2.24, 2.45) is 17.8 Å². The molecule has 2 saturated heterocycles. The zero-order valence-electron chi connectivity index (χ0n) is 15.1. The van der Waals surface area contributed by atoms with E-state index >= 15 is 0 Å². The molecule has 1 aromatic carbocycles. The lowest BCUT2D eigenvalue weighted by Gasteiger charge is -2.31. The van der Waals surface area contributed by atoms with E-state index in [1.165, 1.54) is 4.90 Å². The number of allylic oxidation sites excluding steroid dienone is 2. The average Bonchev–Trinajstić information content (AvgIpc) is 2.93. The lowest BCUT2D eigenvalue weighted by molar-refractivity contribution is -0.122. The van der Waals surface area contributed by atoms with Crippen molar-refractivity contribution in [2.75, 3.05) is 18.0 Å². The number of hydrogen-bond donors (Lipinski definition) is 0. The maximum absolute atomic E-state index is 13.1. The van der Waals surface area contributed by atoms with Gasteiger partial charge in [-0.2, -0.15) is 0 Å². The monoisotopic (exact) mass is 352 g/mol. The normalized spacial score (nSPS) is 26.3. The fraction of sp³-hybridized carbons (Fsp3) is 0.476. The lowest BCUT2D eigenvalue weighted by atomic mass is 9.85. The van der Waals surface area contributed by atoms with Crippen molar-refractivity contribution in [3.63, 3.8) is 0 Å². The van der Waals surface area contributed by atoms with E-state index < -0.39 is 0 Å². The highest BCUT2D eigenvalue weighted by atomic mass is 16.2. The van der Waals surface area contributed by atoms with Crippen LogP contribution in [0.25, 0.3) is 0 Å². The van der Waals surface area contributed by atoms with Gasteiger partial charge in [0.1, 0.15) is 0 Å². The van der Waals surface area contributed by atoms with Crippen molar-refractivity contribution in [3.05, 3.63) is 42.0 Å². The molecule has 4 rings (SSSR count). The van der Waals surface area contributed by atoms with Gasteiger partial charge in [-0.3, -0.25) is 14.4 Å². The number of carbonyl (C=O) groups excluding carboxylic acids is 3. The fourth-order valence-corrected chi connectivity index (χ4v) is 4.27. The molecule has 0 N–H and O–H groups in total. The van der Waals surface area contributed by atoms with Crippen molar-refractivity contribution in [2.45, 2.75) is 32.6 Å². The molecule has 0 radical (unpaired) electrons. The third kappa shape index (κ3) is 2.75. The van der Waals surface area contributed by atoms with Gasteiger partial charge in [-0.1, -0.05) is 31.2 Å². The second-order valence-electron chi connectivity index (χ2n) is 7.66. The van der Waals surface area contributed by atoms with Gasteiger partial charge >= 0.3 is 0 Å². The van der Waals surface area contributed by atoms with E-state index in [4.69, 9.17) is 0 Å². The zero-order valence-corrected chi connectivity index (χ0v) is 15.1. The maximum atomic E-state index is 13.1. The summed E-state index contributed by atoms with van der Waals surface area (Å²) in [5.41, 5.74) is 0.899. The Morgan fingerprint density at radius 1 is 0.962 bits per heavy atom. The van der Waals surface area contributed by atoms with Crippen LogP contribution >= 0.6 is 0 Å². The molecular weight excluding hydrogens is 328 g/mol. The van der Waals surface area contributed by atoms with Crippen molar-refractivity contribution in [1.29, 1.82) is 0 Å². The van der Waals surface area contributed by atoms with Gasteiger partial charge in [0, 0.05) is 13.1 Å². The van der Waals surface area contributed by atoms with E-state index in [2.05, 4.69) is 6.92 Å². The van der Waals surface area contributed by atoms with Crippen LogP contribution in [-0.4, -0.2) is 35.7 Å². The molecule has 0 saturated carbocycles. The van der Waals surface area contributed by atoms with E-state index in [1.807, 2.05) is 17.1 Å². The van der Waals surface area contributed by atoms with Gasteiger partial charge in [0.15, 0.2) is 0 Å². The Kier molecular flexibility index (Phi) is 4.39. The topological polar surface area (TPSA) is 57.7 Å². The van der Waals surface area contributed by atoms with E-state index in [0.29, 0.717) is 30.0 Å². The molecule has 5 nitrogen and oxygen atoms in total. The minimum atomic E-state index is -0.286. The second-order valence-corrected chi connectivity index (χ2v) is 7.66. The van der Waals surface area contributed by atoms with Gasteiger partial charge in [-0.25, -0.2) is 4.90 Å². The van der Waals surface area contributed by atoms with Crippen LogP contribution in [0.3, 0.4) is 0 Å². The number of para-hydroxylation sites is 1. The van der Waals surface area contributed by atoms with Crippen molar-refractivity contribution in [3.8, 4) is 0 Å². The molecule has 0 aromatic heterocycles. The number of benzene rings is 1. The average molecular weight is 352 g/mol. The summed E-state index contributed by atoms with van der Waals surface area (Å²) in [5, 5.41) is 0. The SMILES string of the molecule is CC1CCN(C(=O)c2ccccc2N2C(=O)[C@H]3CC=CC[C@@H]3C2=O)CC1. The summed E-state index contributed by atoms with van der Waals surface area (Å²) in [6, 6.07) is 7.03. The molecule has 1 aromatic rings. The van der Waals surface area contributed by atoms with Gasteiger partial charge in [-0.05, 0) is 43.7 Å². The Hall–Kier alpha value is -2.43. The van der Waals surface area contributed by atoms with E-state index in [0.717, 1.165) is 25.9 Å². The Morgan fingerprint density at radius 2 is 1.54 bits per heavy atom. The molecule has 1 aliphatic carbocycles. The molecule has 0 unspecified atom stereocenters. The number of amides is 3. The van der Waals surface area contributed by atoms with Crippen LogP contribution in [0.15, 0.2) is 36.4 Å². The van der Waals surface area contributed by atoms with Crippen LogP contribution in [0.4, 0.5) is 5.69 Å². The first-order chi connectivity index (χ1) is 12.6. The van der Waals surface area contributed by atoms with E-state index in [9.17, 15) is 14.4 Å². The summed E-state index contributed by atoms with van der Waals surface area (Å²) in [4.78, 5) is 42.0. The summed E-state index contributed by atoms with van der Waals surface area (Å²) in [5.74, 6) is -0.362. The number of rotatable bonds is 2. The highest BCUT2D eigenvalue weighted by Gasteiger charge is 2.48. The minimum absolute atomic E-state index is 0.0823. The zero-order chi connectivity index (χ0) is 18.3. The number of likely N-dealkylation sites (tertiary alicyclic amines) is 1. The van der Waals surface area contributed by atoms with Crippen LogP contribution in [0, 0.1) is 17.8 Å². The van der Waals surface area contributed by atoms with Crippen LogP contribution in [0.5, 0.6) is 0 Å². The largest absolute Gasteiger partial charge is 0.339 e. The summed E-state index contributed by atoms with van der Waals surface area (Å²) in [6.07, 6.45) is 7.14. The van der Waals surface area contributed by atoms with E-state index in [-0.39, 0.29) is 29.6 Å². The smallest absolute Gasteiger partial charge is 0.255 e. The quantitative estimate of drug-likeness (QED) is 0.607.